The van der Waals surface area contributed by atoms with Gasteiger partial charge in [0.2, 0.25) is 5.91 Å². The van der Waals surface area contributed by atoms with Crippen molar-refractivity contribution in [3.63, 3.8) is 0 Å². The van der Waals surface area contributed by atoms with Crippen molar-refractivity contribution >= 4 is 45.8 Å². The van der Waals surface area contributed by atoms with Crippen LogP contribution in [0, 0.1) is 30.1 Å². The van der Waals surface area contributed by atoms with E-state index in [1.165, 1.54) is 10.7 Å². The Morgan fingerprint density at radius 3 is 2.63 bits per heavy atom. The van der Waals surface area contributed by atoms with E-state index in [0.29, 0.717) is 24.6 Å². The number of anilines is 2. The molecule has 4 saturated heterocycles. The minimum atomic E-state index is -2.85. The molecule has 10 rings (SSSR count). The molecule has 5 aromatic rings. The second kappa shape index (κ2) is 17.1. The number of halogens is 2. The second-order valence-electron chi connectivity index (χ2n) is 17.9. The second-order valence-corrected chi connectivity index (χ2v) is 17.9. The number of nitrogens with one attached hydrogen (secondary N) is 2. The van der Waals surface area contributed by atoms with Crippen LogP contribution in [0.2, 0.25) is 0 Å². The van der Waals surface area contributed by atoms with E-state index in [-0.39, 0.29) is 47.0 Å². The summed E-state index contributed by atoms with van der Waals surface area (Å²) in [6.07, 6.45) is 9.12. The quantitative estimate of drug-likeness (QED) is 0.139. The molecule has 0 bridgehead atoms. The number of ether oxygens (including phenoxy) is 2. The summed E-state index contributed by atoms with van der Waals surface area (Å²) in [6, 6.07) is 7.09. The van der Waals surface area contributed by atoms with E-state index in [1.807, 2.05) is 31.2 Å². The zero-order chi connectivity index (χ0) is 43.2. The number of imide groups is 1. The smallest absolute Gasteiger partial charge is 0.284 e. The molecule has 18 heteroatoms. The van der Waals surface area contributed by atoms with Gasteiger partial charge in [-0.15, -0.1) is 0 Å². The van der Waals surface area contributed by atoms with E-state index in [2.05, 4.69) is 47.6 Å². The molecular formula is C45H51F2N11O5. The topological polar surface area (TPSA) is 166 Å². The van der Waals surface area contributed by atoms with Crippen molar-refractivity contribution < 1.29 is 32.6 Å². The maximum absolute atomic E-state index is 14.3. The van der Waals surface area contributed by atoms with Crippen molar-refractivity contribution in [3.05, 3.63) is 65.4 Å². The van der Waals surface area contributed by atoms with Crippen molar-refractivity contribution in [2.24, 2.45) is 11.3 Å². The van der Waals surface area contributed by atoms with Crippen molar-refractivity contribution in [2.75, 3.05) is 62.8 Å². The van der Waals surface area contributed by atoms with Crippen LogP contribution in [0.25, 0.3) is 16.6 Å². The zero-order valence-corrected chi connectivity index (χ0v) is 35.3. The third kappa shape index (κ3) is 8.29. The van der Waals surface area contributed by atoms with E-state index in [0.717, 1.165) is 119 Å². The molecule has 2 N–H and O–H groups in total. The number of hydrogen-bond acceptors (Lipinski definition) is 11. The normalized spacial score (nSPS) is 23.0. The average Bonchev–Trinajstić information content (AvgIpc) is 4.08. The molecule has 8 heterocycles. The van der Waals surface area contributed by atoms with E-state index < -0.39 is 24.1 Å². The van der Waals surface area contributed by atoms with Crippen LogP contribution in [0.15, 0.2) is 42.9 Å². The number of piperidine rings is 2. The average molecular weight is 864 g/mol. The number of carbonyl (C=O) groups excluding carboxylic acids is 3. The first-order valence-corrected chi connectivity index (χ1v) is 22.1. The Labute approximate surface area is 362 Å². The fourth-order valence-corrected chi connectivity index (χ4v) is 10.1. The monoisotopic (exact) mass is 863 g/mol. The summed E-state index contributed by atoms with van der Waals surface area (Å²) in [5, 5.41) is 19.3. The van der Waals surface area contributed by atoms with Gasteiger partial charge in [-0.1, -0.05) is 17.9 Å². The van der Waals surface area contributed by atoms with Gasteiger partial charge in [-0.2, -0.15) is 15.3 Å². The maximum Gasteiger partial charge on any atom is 0.284 e. The van der Waals surface area contributed by atoms with Crippen LogP contribution in [-0.4, -0.2) is 115 Å². The first-order valence-electron chi connectivity index (χ1n) is 22.1. The third-order valence-electron chi connectivity index (χ3n) is 13.7. The Hall–Kier alpha value is -5.77. The van der Waals surface area contributed by atoms with Crippen LogP contribution in [0.4, 0.5) is 20.3 Å². The molecule has 0 radical (unpaired) electrons. The standard InChI is InChI=1S/C45H51F2N11O5/c1-28-39-30(4-2-6-35(39)58(52-28)36-11-12-38(59)51-44(36)61)5-3-21-63-32-13-17-54(18-14-32)23-29-7-9-31(10-8-29)57-24-34(40(53-57)41(46)47)49-43(60)33-22-48-56-19-15-37(50-42(33)56)55-20-16-45(25-55)26-62-27-45/h2,4,6,15,19,22,24,29,31-32,36,41H,7-14,16-18,20-21,23,25-27H2,1H3,(H,49,60)(H,51,59,61). The predicted octanol–water partition coefficient (Wildman–Crippen LogP) is 5.24. The van der Waals surface area contributed by atoms with Crippen LogP contribution in [0.5, 0.6) is 0 Å². The highest BCUT2D eigenvalue weighted by atomic mass is 19.3. The lowest BCUT2D eigenvalue weighted by atomic mass is 9.85. The number of nitrogens with zero attached hydrogens (tertiary/aromatic N) is 9. The van der Waals surface area contributed by atoms with E-state index in [4.69, 9.17) is 14.5 Å². The lowest BCUT2D eigenvalue weighted by molar-refractivity contribution is -0.135. The zero-order valence-electron chi connectivity index (χ0n) is 35.3. The Morgan fingerprint density at radius 2 is 1.89 bits per heavy atom. The Morgan fingerprint density at radius 1 is 1.06 bits per heavy atom. The molecule has 1 unspecified atom stereocenters. The van der Waals surface area contributed by atoms with Crippen molar-refractivity contribution in [2.45, 2.75) is 89.3 Å². The fourth-order valence-electron chi connectivity index (χ4n) is 10.1. The van der Waals surface area contributed by atoms with E-state index >= 15 is 0 Å². The summed E-state index contributed by atoms with van der Waals surface area (Å²) in [7, 11) is 0. The van der Waals surface area contributed by atoms with Gasteiger partial charge in [-0.3, -0.25) is 29.1 Å². The summed E-state index contributed by atoms with van der Waals surface area (Å²) < 4.78 is 45.1. The number of aryl methyl sites for hydroxylation is 1. The number of fused-ring (bicyclic) bond motifs is 2. The summed E-state index contributed by atoms with van der Waals surface area (Å²) in [6.45, 7) is 8.26. The summed E-state index contributed by atoms with van der Waals surface area (Å²) in [5.74, 6) is 6.54. The van der Waals surface area contributed by atoms with Gasteiger partial charge in [0.15, 0.2) is 11.3 Å². The van der Waals surface area contributed by atoms with Gasteiger partial charge in [-0.05, 0) is 82.4 Å². The summed E-state index contributed by atoms with van der Waals surface area (Å²) in [5.41, 5.74) is 2.72. The molecule has 63 heavy (non-hydrogen) atoms. The van der Waals surface area contributed by atoms with Crippen LogP contribution >= 0.6 is 0 Å². The van der Waals surface area contributed by atoms with Crippen molar-refractivity contribution in [1.82, 2.24) is 44.4 Å². The van der Waals surface area contributed by atoms with Crippen LogP contribution in [0.3, 0.4) is 0 Å². The van der Waals surface area contributed by atoms with Crippen LogP contribution in [0.1, 0.15) is 104 Å². The lowest BCUT2D eigenvalue weighted by Crippen LogP contribution is -2.44. The molecule has 1 atom stereocenters. The molecule has 16 nitrogen and oxygen atoms in total. The molecule has 5 aliphatic rings. The number of carbonyl (C=O) groups is 3. The molecule has 4 aliphatic heterocycles. The third-order valence-corrected chi connectivity index (χ3v) is 13.7. The molecule has 330 valence electrons. The molecule has 1 aromatic carbocycles. The fraction of sp³-hybridized carbons (Fsp3) is 0.533. The highest BCUT2D eigenvalue weighted by molar-refractivity contribution is 6.08. The van der Waals surface area contributed by atoms with Gasteiger partial charge in [0.1, 0.15) is 24.0 Å². The first kappa shape index (κ1) is 41.3. The van der Waals surface area contributed by atoms with Crippen molar-refractivity contribution in [3.8, 4) is 11.8 Å². The number of hydrogen-bond donors (Lipinski definition) is 2. The van der Waals surface area contributed by atoms with Crippen molar-refractivity contribution in [1.29, 1.82) is 0 Å². The highest BCUT2D eigenvalue weighted by Crippen LogP contribution is 2.40. The number of amides is 3. The minimum absolute atomic E-state index is 0.00154. The Kier molecular flexibility index (Phi) is 11.2. The highest BCUT2D eigenvalue weighted by Gasteiger charge is 2.45. The molecule has 1 spiro atoms. The molecule has 1 saturated carbocycles. The van der Waals surface area contributed by atoms with Crippen LogP contribution < -0.4 is 15.5 Å². The van der Waals surface area contributed by atoms with Gasteiger partial charge in [-0.25, -0.2) is 18.3 Å². The molecular weight excluding hydrogens is 813 g/mol. The molecule has 5 fully saturated rings. The van der Waals surface area contributed by atoms with E-state index in [9.17, 15) is 23.2 Å². The molecule has 4 aromatic heterocycles. The molecule has 3 amide bonds. The van der Waals surface area contributed by atoms with Gasteiger partial charge in [0.05, 0.1) is 48.5 Å². The first-order chi connectivity index (χ1) is 30.6. The van der Waals surface area contributed by atoms with Crippen LogP contribution in [-0.2, 0) is 19.1 Å². The van der Waals surface area contributed by atoms with Gasteiger partial charge >= 0.3 is 0 Å². The Balaban J connectivity index is 0.693. The Bertz CT molecular complexity index is 2610. The summed E-state index contributed by atoms with van der Waals surface area (Å²) in [4.78, 5) is 47.3. The largest absolute Gasteiger partial charge is 0.380 e. The predicted molar refractivity (Wildman–Crippen MR) is 227 cm³/mol. The number of likely N-dealkylation sites (tertiary alicyclic amines) is 1. The SMILES string of the molecule is Cc1nn(C2CCC(=O)NC2=O)c2cccc(C#CCOC3CCN(CC4CCC(n5cc(NC(=O)c6cnn7ccc(N8CCC9(COC9)C8)nc67)c(C(F)F)n5)CC4)CC3)c12. The number of benzene rings is 1. The van der Waals surface area contributed by atoms with Gasteiger partial charge < -0.3 is 24.6 Å². The number of rotatable bonds is 10. The summed E-state index contributed by atoms with van der Waals surface area (Å²) >= 11 is 0. The minimum Gasteiger partial charge on any atom is -0.380 e. The van der Waals surface area contributed by atoms with Gasteiger partial charge in [0, 0.05) is 67.9 Å². The number of alkyl halides is 2. The van der Waals surface area contributed by atoms with E-state index in [1.54, 1.807) is 21.8 Å². The molecule has 1 aliphatic carbocycles. The number of aromatic nitrogens is 7. The maximum atomic E-state index is 14.3. The van der Waals surface area contributed by atoms with Gasteiger partial charge in [0.25, 0.3) is 18.2 Å². The lowest BCUT2D eigenvalue weighted by Gasteiger charge is -2.37.